The summed E-state index contributed by atoms with van der Waals surface area (Å²) in [4.78, 5) is 21.0. The van der Waals surface area contributed by atoms with Crippen LogP contribution in [-0.2, 0) is 16.3 Å². The Morgan fingerprint density at radius 3 is 2.81 bits per heavy atom. The maximum atomic E-state index is 12.1. The quantitative estimate of drug-likeness (QED) is 0.545. The molecule has 0 unspecified atom stereocenters. The van der Waals surface area contributed by atoms with Crippen molar-refractivity contribution in [3.05, 3.63) is 31.0 Å². The van der Waals surface area contributed by atoms with Crippen molar-refractivity contribution in [1.82, 2.24) is 24.3 Å². The summed E-state index contributed by atoms with van der Waals surface area (Å²) >= 11 is 0. The van der Waals surface area contributed by atoms with Crippen molar-refractivity contribution < 1.29 is 9.53 Å². The van der Waals surface area contributed by atoms with Gasteiger partial charge in [0.15, 0.2) is 6.73 Å². The van der Waals surface area contributed by atoms with Crippen molar-refractivity contribution in [1.29, 1.82) is 5.26 Å². The van der Waals surface area contributed by atoms with Crippen molar-refractivity contribution in [3.8, 4) is 17.3 Å². The highest BCUT2D eigenvalue weighted by molar-refractivity contribution is 5.90. The maximum Gasteiger partial charge on any atom is 0.312 e. The normalized spacial score (nSPS) is 15.8. The van der Waals surface area contributed by atoms with Crippen molar-refractivity contribution in [2.75, 3.05) is 0 Å². The number of carbonyl (C=O) groups excluding carboxylic acids is 1. The first-order valence-corrected chi connectivity index (χ1v) is 10.8. The summed E-state index contributed by atoms with van der Waals surface area (Å²) in [5, 5.41) is 14.8. The van der Waals surface area contributed by atoms with Gasteiger partial charge in [0.05, 0.1) is 35.8 Å². The lowest BCUT2D eigenvalue weighted by Gasteiger charge is -2.21. The van der Waals surface area contributed by atoms with E-state index in [0.717, 1.165) is 29.5 Å². The molecule has 31 heavy (non-hydrogen) atoms. The van der Waals surface area contributed by atoms with Gasteiger partial charge in [-0.2, -0.15) is 10.4 Å². The second-order valence-corrected chi connectivity index (χ2v) is 9.24. The van der Waals surface area contributed by atoms with Gasteiger partial charge in [-0.1, -0.05) is 12.8 Å². The Morgan fingerprint density at radius 2 is 2.10 bits per heavy atom. The van der Waals surface area contributed by atoms with E-state index in [2.05, 4.69) is 21.1 Å². The van der Waals surface area contributed by atoms with E-state index in [0.29, 0.717) is 18.0 Å². The Balaban J connectivity index is 1.60. The molecule has 0 radical (unpaired) electrons. The molecule has 0 amide bonds. The van der Waals surface area contributed by atoms with Crippen LogP contribution in [0.1, 0.15) is 58.9 Å². The third-order valence-corrected chi connectivity index (χ3v) is 5.96. The van der Waals surface area contributed by atoms with Crippen molar-refractivity contribution in [2.24, 2.45) is 11.3 Å². The van der Waals surface area contributed by atoms with Crippen LogP contribution in [0.2, 0.25) is 0 Å². The van der Waals surface area contributed by atoms with Crippen LogP contribution in [0.15, 0.2) is 31.0 Å². The van der Waals surface area contributed by atoms with Crippen molar-refractivity contribution in [3.63, 3.8) is 0 Å². The third-order valence-electron chi connectivity index (χ3n) is 5.96. The molecule has 0 saturated heterocycles. The van der Waals surface area contributed by atoms with E-state index in [1.54, 1.807) is 10.8 Å². The van der Waals surface area contributed by atoms with Gasteiger partial charge in [-0.05, 0) is 45.6 Å². The maximum absolute atomic E-state index is 12.1. The monoisotopic (exact) mass is 420 g/mol. The molecule has 162 valence electrons. The molecule has 0 aromatic carbocycles. The van der Waals surface area contributed by atoms with Gasteiger partial charge in [0, 0.05) is 23.3 Å². The molecule has 0 aliphatic heterocycles. The van der Waals surface area contributed by atoms with Crippen LogP contribution in [0.25, 0.3) is 22.3 Å². The average molecular weight is 421 g/mol. The standard InChI is InChI=1S/C23H28N6O2/c1-23(2,3)22(30)31-15-28-11-9-18-20(25-14-26-21(18)28)17-12-27-29(13-17)19(8-10-24)16-6-4-5-7-16/h9,11-14,16,19H,4-8,15H2,1-3H3/t19-/m1/s1. The summed E-state index contributed by atoms with van der Waals surface area (Å²) in [6.45, 7) is 5.58. The Hall–Kier alpha value is -3.21. The minimum Gasteiger partial charge on any atom is -0.443 e. The molecular weight excluding hydrogens is 392 g/mol. The predicted octanol–water partition coefficient (Wildman–Crippen LogP) is 4.49. The fraction of sp³-hybridized carbons (Fsp3) is 0.522. The molecule has 8 nitrogen and oxygen atoms in total. The van der Waals surface area contributed by atoms with Gasteiger partial charge >= 0.3 is 5.97 Å². The van der Waals surface area contributed by atoms with Crippen LogP contribution in [0, 0.1) is 22.7 Å². The number of fused-ring (bicyclic) bond motifs is 1. The predicted molar refractivity (Wildman–Crippen MR) is 116 cm³/mol. The van der Waals surface area contributed by atoms with Crippen molar-refractivity contribution >= 4 is 17.0 Å². The topological polar surface area (TPSA) is 98.6 Å². The highest BCUT2D eigenvalue weighted by Crippen LogP contribution is 2.36. The summed E-state index contributed by atoms with van der Waals surface area (Å²) in [5.74, 6) is 0.233. The second-order valence-electron chi connectivity index (χ2n) is 9.24. The zero-order chi connectivity index (χ0) is 22.0. The number of nitrogens with zero attached hydrogens (tertiary/aromatic N) is 6. The summed E-state index contributed by atoms with van der Waals surface area (Å²) < 4.78 is 9.17. The highest BCUT2D eigenvalue weighted by atomic mass is 16.5. The zero-order valence-corrected chi connectivity index (χ0v) is 18.3. The number of aromatic nitrogens is 5. The number of esters is 1. The lowest BCUT2D eigenvalue weighted by atomic mass is 9.96. The lowest BCUT2D eigenvalue weighted by Crippen LogP contribution is -2.23. The number of rotatable bonds is 6. The van der Waals surface area contributed by atoms with Gasteiger partial charge in [-0.15, -0.1) is 0 Å². The first kappa shape index (κ1) is 21.0. The Labute approximate surface area is 181 Å². The first-order valence-electron chi connectivity index (χ1n) is 10.8. The minimum absolute atomic E-state index is 0.0972. The van der Waals surface area contributed by atoms with E-state index >= 15 is 0 Å². The molecule has 8 heteroatoms. The van der Waals surface area contributed by atoms with E-state index in [-0.39, 0.29) is 18.7 Å². The SMILES string of the molecule is CC(C)(C)C(=O)OCn1ccc2c(-c3cnn([C@H](CC#N)C4CCCC4)c3)ncnc21. The van der Waals surface area contributed by atoms with Gasteiger partial charge in [0.2, 0.25) is 0 Å². The lowest BCUT2D eigenvalue weighted by molar-refractivity contribution is -0.156. The molecule has 3 aromatic heterocycles. The van der Waals surface area contributed by atoms with Crippen LogP contribution in [0.5, 0.6) is 0 Å². The molecule has 1 saturated carbocycles. The largest absolute Gasteiger partial charge is 0.443 e. The highest BCUT2D eigenvalue weighted by Gasteiger charge is 2.27. The second kappa shape index (κ2) is 8.50. The molecule has 0 spiro atoms. The first-order chi connectivity index (χ1) is 14.9. The molecule has 4 rings (SSSR count). The van der Waals surface area contributed by atoms with Gasteiger partial charge in [0.25, 0.3) is 0 Å². The Kier molecular flexibility index (Phi) is 5.77. The summed E-state index contributed by atoms with van der Waals surface area (Å²) in [6.07, 6.45) is 12.4. The molecule has 3 heterocycles. The summed E-state index contributed by atoms with van der Waals surface area (Å²) in [5.41, 5.74) is 1.80. The molecule has 1 aliphatic carbocycles. The van der Waals surface area contributed by atoms with Gasteiger partial charge in [0.1, 0.15) is 12.0 Å². The number of nitriles is 1. The van der Waals surface area contributed by atoms with Crippen LogP contribution >= 0.6 is 0 Å². The van der Waals surface area contributed by atoms with E-state index in [4.69, 9.17) is 4.74 Å². The van der Waals surface area contributed by atoms with E-state index in [1.807, 2.05) is 43.9 Å². The molecule has 0 N–H and O–H groups in total. The molecule has 1 fully saturated rings. The van der Waals surface area contributed by atoms with E-state index in [1.165, 1.54) is 19.2 Å². The van der Waals surface area contributed by atoms with E-state index < -0.39 is 5.41 Å². The van der Waals surface area contributed by atoms with Gasteiger partial charge < -0.3 is 4.74 Å². The van der Waals surface area contributed by atoms with E-state index in [9.17, 15) is 10.1 Å². The number of carbonyl (C=O) groups is 1. The third kappa shape index (κ3) is 4.31. The fourth-order valence-corrected chi connectivity index (χ4v) is 4.24. The van der Waals surface area contributed by atoms with Crippen LogP contribution in [-0.4, -0.2) is 30.3 Å². The average Bonchev–Trinajstić information content (AvgIpc) is 3.50. The Morgan fingerprint density at radius 1 is 1.32 bits per heavy atom. The molecule has 3 aromatic rings. The minimum atomic E-state index is -0.559. The van der Waals surface area contributed by atoms with Crippen molar-refractivity contribution in [2.45, 2.75) is 65.6 Å². The van der Waals surface area contributed by atoms with Crippen LogP contribution < -0.4 is 0 Å². The van der Waals surface area contributed by atoms with Crippen LogP contribution in [0.4, 0.5) is 0 Å². The summed E-state index contributed by atoms with van der Waals surface area (Å²) in [6, 6.07) is 4.35. The fourth-order valence-electron chi connectivity index (χ4n) is 4.24. The number of hydrogen-bond donors (Lipinski definition) is 0. The zero-order valence-electron chi connectivity index (χ0n) is 18.3. The smallest absolute Gasteiger partial charge is 0.312 e. The van der Waals surface area contributed by atoms with Gasteiger partial charge in [-0.3, -0.25) is 14.0 Å². The number of ether oxygens (including phenoxy) is 1. The molecule has 1 atom stereocenters. The molecular formula is C23H28N6O2. The Bertz CT molecular complexity index is 1110. The molecule has 1 aliphatic rings. The van der Waals surface area contributed by atoms with Gasteiger partial charge in [-0.25, -0.2) is 9.97 Å². The van der Waals surface area contributed by atoms with Crippen LogP contribution in [0.3, 0.4) is 0 Å². The molecule has 0 bridgehead atoms. The summed E-state index contributed by atoms with van der Waals surface area (Å²) in [7, 11) is 0. The number of hydrogen-bond acceptors (Lipinski definition) is 6.